The van der Waals surface area contributed by atoms with Crippen LogP contribution in [0.15, 0.2) is 48.8 Å². The third-order valence-electron chi connectivity index (χ3n) is 3.30. The molecule has 3 aromatic rings. The molecule has 0 fully saturated rings. The zero-order valence-electron chi connectivity index (χ0n) is 11.5. The molecule has 0 aliphatic rings. The van der Waals surface area contributed by atoms with Gasteiger partial charge < -0.3 is 5.11 Å². The molecule has 2 heterocycles. The van der Waals surface area contributed by atoms with Crippen LogP contribution in [0.5, 0.6) is 0 Å². The Labute approximate surface area is 126 Å². The van der Waals surface area contributed by atoms with Crippen molar-refractivity contribution in [3.8, 4) is 11.1 Å². The zero-order valence-corrected chi connectivity index (χ0v) is 12.3. The number of benzene rings is 1. The molecule has 21 heavy (non-hydrogen) atoms. The smallest absolute Gasteiger partial charge is 0.345 e. The second-order valence-corrected chi connectivity index (χ2v) is 6.05. The first kappa shape index (κ1) is 13.6. The molecule has 0 unspecified atom stereocenters. The molecule has 0 bridgehead atoms. The van der Waals surface area contributed by atoms with Crippen LogP contribution in [-0.2, 0) is 6.54 Å². The van der Waals surface area contributed by atoms with E-state index in [4.69, 9.17) is 5.11 Å². The fraction of sp³-hybridized carbons (Fsp3) is 0.125. The first-order chi connectivity index (χ1) is 10.1. The van der Waals surface area contributed by atoms with Gasteiger partial charge in [-0.15, -0.1) is 11.3 Å². The van der Waals surface area contributed by atoms with Crippen molar-refractivity contribution in [1.29, 1.82) is 0 Å². The maximum absolute atomic E-state index is 11.0. The fourth-order valence-corrected chi connectivity index (χ4v) is 3.06. The Morgan fingerprint density at radius 1 is 1.29 bits per heavy atom. The van der Waals surface area contributed by atoms with Crippen molar-refractivity contribution in [2.45, 2.75) is 13.5 Å². The Bertz CT molecular complexity index is 775. The summed E-state index contributed by atoms with van der Waals surface area (Å²) < 4.78 is 1.84. The van der Waals surface area contributed by atoms with Crippen LogP contribution < -0.4 is 0 Å². The van der Waals surface area contributed by atoms with Gasteiger partial charge in [0, 0.05) is 16.6 Å². The normalized spacial score (nSPS) is 10.7. The summed E-state index contributed by atoms with van der Waals surface area (Å²) in [7, 11) is 0. The molecule has 0 radical (unpaired) electrons. The first-order valence-electron chi connectivity index (χ1n) is 6.54. The van der Waals surface area contributed by atoms with E-state index in [0.29, 0.717) is 11.4 Å². The third-order valence-corrected chi connectivity index (χ3v) is 4.38. The van der Waals surface area contributed by atoms with E-state index < -0.39 is 5.97 Å². The molecule has 0 amide bonds. The molecular weight excluding hydrogens is 284 g/mol. The van der Waals surface area contributed by atoms with Crippen LogP contribution in [0.1, 0.15) is 20.1 Å². The summed E-state index contributed by atoms with van der Waals surface area (Å²) in [6.07, 6.45) is 3.81. The minimum atomic E-state index is -0.875. The minimum Gasteiger partial charge on any atom is -0.477 e. The van der Waals surface area contributed by atoms with Crippen molar-refractivity contribution in [3.63, 3.8) is 0 Å². The van der Waals surface area contributed by atoms with Gasteiger partial charge in [-0.2, -0.15) is 5.10 Å². The van der Waals surface area contributed by atoms with E-state index in [2.05, 4.69) is 5.10 Å². The number of carbonyl (C=O) groups is 1. The number of rotatable bonds is 4. The maximum Gasteiger partial charge on any atom is 0.345 e. The van der Waals surface area contributed by atoms with Crippen LogP contribution in [0.2, 0.25) is 0 Å². The highest BCUT2D eigenvalue weighted by Gasteiger charge is 2.12. The standard InChI is InChI=1S/C16H14N2O2S/c1-11-13(7-15(21-11)16(19)20)9-18-10-14(8-17-18)12-5-3-2-4-6-12/h2-8,10H,9H2,1H3,(H,19,20). The molecule has 0 saturated heterocycles. The molecule has 5 heteroatoms. The second kappa shape index (κ2) is 5.54. The second-order valence-electron chi connectivity index (χ2n) is 4.79. The van der Waals surface area contributed by atoms with Crippen molar-refractivity contribution in [2.24, 2.45) is 0 Å². The zero-order chi connectivity index (χ0) is 14.8. The highest BCUT2D eigenvalue weighted by atomic mass is 32.1. The van der Waals surface area contributed by atoms with Gasteiger partial charge in [0.25, 0.3) is 0 Å². The summed E-state index contributed by atoms with van der Waals surface area (Å²) in [5.74, 6) is -0.875. The Hall–Kier alpha value is -2.40. The molecule has 2 aromatic heterocycles. The number of thiophene rings is 1. The van der Waals surface area contributed by atoms with Gasteiger partial charge in [-0.25, -0.2) is 4.79 Å². The molecule has 4 nitrogen and oxygen atoms in total. The lowest BCUT2D eigenvalue weighted by Crippen LogP contribution is -2.00. The molecule has 106 valence electrons. The third kappa shape index (κ3) is 2.87. The van der Waals surface area contributed by atoms with Crippen LogP contribution in [0.4, 0.5) is 0 Å². The number of hydrogen-bond donors (Lipinski definition) is 1. The average molecular weight is 298 g/mol. The van der Waals surface area contributed by atoms with Crippen LogP contribution in [0.3, 0.4) is 0 Å². The van der Waals surface area contributed by atoms with Crippen molar-refractivity contribution in [1.82, 2.24) is 9.78 Å². The largest absolute Gasteiger partial charge is 0.477 e. The molecule has 0 aliphatic carbocycles. The monoisotopic (exact) mass is 298 g/mol. The fourth-order valence-electron chi connectivity index (χ4n) is 2.19. The maximum atomic E-state index is 11.0. The molecule has 0 spiro atoms. The number of aromatic nitrogens is 2. The van der Waals surface area contributed by atoms with Gasteiger partial charge in [0.1, 0.15) is 4.88 Å². The summed E-state index contributed by atoms with van der Waals surface area (Å²) >= 11 is 1.30. The van der Waals surface area contributed by atoms with E-state index >= 15 is 0 Å². The summed E-state index contributed by atoms with van der Waals surface area (Å²) in [5, 5.41) is 13.4. The van der Waals surface area contributed by atoms with Gasteiger partial charge in [-0.1, -0.05) is 30.3 Å². The quantitative estimate of drug-likeness (QED) is 0.799. The lowest BCUT2D eigenvalue weighted by Gasteiger charge is -2.00. The van der Waals surface area contributed by atoms with Crippen LogP contribution in [0.25, 0.3) is 11.1 Å². The average Bonchev–Trinajstić information content (AvgIpc) is 3.08. The number of aryl methyl sites for hydroxylation is 1. The van der Waals surface area contributed by atoms with E-state index in [-0.39, 0.29) is 0 Å². The Morgan fingerprint density at radius 3 is 2.71 bits per heavy atom. The number of carboxylic acids is 1. The molecule has 3 rings (SSSR count). The summed E-state index contributed by atoms with van der Waals surface area (Å²) in [5.41, 5.74) is 3.18. The summed E-state index contributed by atoms with van der Waals surface area (Å²) in [4.78, 5) is 12.4. The van der Waals surface area contributed by atoms with Gasteiger partial charge in [0.2, 0.25) is 0 Å². The molecule has 0 aliphatic heterocycles. The summed E-state index contributed by atoms with van der Waals surface area (Å²) in [6, 6.07) is 11.8. The first-order valence-corrected chi connectivity index (χ1v) is 7.35. The van der Waals surface area contributed by atoms with Gasteiger partial charge in [-0.05, 0) is 24.1 Å². The van der Waals surface area contributed by atoms with Crippen LogP contribution in [0, 0.1) is 6.92 Å². The van der Waals surface area contributed by atoms with Crippen molar-refractivity contribution < 1.29 is 9.90 Å². The van der Waals surface area contributed by atoms with E-state index in [1.54, 1.807) is 6.07 Å². The van der Waals surface area contributed by atoms with Crippen molar-refractivity contribution in [2.75, 3.05) is 0 Å². The van der Waals surface area contributed by atoms with E-state index in [0.717, 1.165) is 21.6 Å². The minimum absolute atomic E-state index is 0.373. The highest BCUT2D eigenvalue weighted by molar-refractivity contribution is 7.14. The Balaban J connectivity index is 1.83. The summed E-state index contributed by atoms with van der Waals surface area (Å²) in [6.45, 7) is 2.52. The number of nitrogens with zero attached hydrogens (tertiary/aromatic N) is 2. The van der Waals surface area contributed by atoms with Crippen LogP contribution in [-0.4, -0.2) is 20.9 Å². The van der Waals surface area contributed by atoms with Gasteiger partial charge in [-0.3, -0.25) is 4.68 Å². The molecular formula is C16H14N2O2S. The van der Waals surface area contributed by atoms with Crippen molar-refractivity contribution >= 4 is 17.3 Å². The highest BCUT2D eigenvalue weighted by Crippen LogP contribution is 2.23. The number of carboxylic acid groups (broad SMARTS) is 1. The predicted molar refractivity (Wildman–Crippen MR) is 82.8 cm³/mol. The molecule has 0 saturated carbocycles. The van der Waals surface area contributed by atoms with E-state index in [9.17, 15) is 4.79 Å². The van der Waals surface area contributed by atoms with Gasteiger partial charge in [0.15, 0.2) is 0 Å². The van der Waals surface area contributed by atoms with Gasteiger partial charge >= 0.3 is 5.97 Å². The van der Waals surface area contributed by atoms with Crippen LogP contribution >= 0.6 is 11.3 Å². The predicted octanol–water partition coefficient (Wildman–Crippen LogP) is 3.67. The lowest BCUT2D eigenvalue weighted by molar-refractivity contribution is 0.0702. The Kier molecular flexibility index (Phi) is 3.58. The van der Waals surface area contributed by atoms with Gasteiger partial charge in [0.05, 0.1) is 12.7 Å². The lowest BCUT2D eigenvalue weighted by atomic mass is 10.1. The number of hydrogen-bond acceptors (Lipinski definition) is 3. The van der Waals surface area contributed by atoms with E-state index in [1.807, 2.05) is 54.3 Å². The molecule has 1 aromatic carbocycles. The van der Waals surface area contributed by atoms with E-state index in [1.165, 1.54) is 11.3 Å². The molecule has 0 atom stereocenters. The Morgan fingerprint density at radius 2 is 2.05 bits per heavy atom. The SMILES string of the molecule is Cc1sc(C(=O)O)cc1Cn1cc(-c2ccccc2)cn1. The topological polar surface area (TPSA) is 55.1 Å². The molecule has 1 N–H and O–H groups in total. The number of aromatic carboxylic acids is 1. The van der Waals surface area contributed by atoms with Crippen molar-refractivity contribution in [3.05, 3.63) is 64.1 Å².